The van der Waals surface area contributed by atoms with Gasteiger partial charge in [-0.2, -0.15) is 13.1 Å². The van der Waals surface area contributed by atoms with Crippen LogP contribution in [0.3, 0.4) is 0 Å². The number of carbonyl (C=O) groups excluding carboxylic acids is 1. The summed E-state index contributed by atoms with van der Waals surface area (Å²) in [5.74, 6) is 0. The van der Waals surface area contributed by atoms with Crippen LogP contribution in [0.5, 0.6) is 0 Å². The molecule has 10 nitrogen and oxygen atoms in total. The number of nitrogens with one attached hydrogen (secondary N) is 2. The summed E-state index contributed by atoms with van der Waals surface area (Å²) in [5.41, 5.74) is 0. The van der Waals surface area contributed by atoms with E-state index in [1.165, 1.54) is 38.5 Å². The maximum atomic E-state index is 12.3. The summed E-state index contributed by atoms with van der Waals surface area (Å²) in [4.78, 5) is 12.8. The summed E-state index contributed by atoms with van der Waals surface area (Å²) in [6.07, 6.45) is 4.38. The Balaban J connectivity index is 1.69. The number of carbonyl (C=O) groups is 1. The Morgan fingerprint density at radius 2 is 1.50 bits per heavy atom. The summed E-state index contributed by atoms with van der Waals surface area (Å²) in [6, 6.07) is -0.925. The number of unbranched alkanes of at least 4 members (excludes halogenated alkanes) is 9. The highest BCUT2D eigenvalue weighted by Gasteiger charge is 2.54. The first-order chi connectivity index (χ1) is 14.3. The second-order valence-electron chi connectivity index (χ2n) is 8.17. The molecule has 2 heterocycles. The second kappa shape index (κ2) is 12.2. The molecule has 2 fully saturated rings. The number of nitrogens with zero attached hydrogens (tertiary/aromatic N) is 1. The van der Waals surface area contributed by atoms with Gasteiger partial charge in [0, 0.05) is 6.54 Å². The Hall–Kier alpha value is -0.980. The van der Waals surface area contributed by atoms with Gasteiger partial charge in [-0.3, -0.25) is 4.90 Å². The zero-order chi connectivity index (χ0) is 22.1. The molecule has 3 unspecified atom stereocenters. The molecule has 0 bridgehead atoms. The van der Waals surface area contributed by atoms with Crippen LogP contribution in [0.1, 0.15) is 71.1 Å². The van der Waals surface area contributed by atoms with Crippen LogP contribution in [-0.2, 0) is 14.9 Å². The predicted octanol–water partition coefficient (Wildman–Crippen LogP) is 0.575. The zero-order valence-electron chi connectivity index (χ0n) is 17.7. The number of hydrogen-bond donors (Lipinski definition) is 5. The van der Waals surface area contributed by atoms with Crippen LogP contribution in [0.25, 0.3) is 0 Å². The number of hydrogen-bond acceptors (Lipinski definition) is 7. The Morgan fingerprint density at radius 3 is 2.10 bits per heavy atom. The third-order valence-electron chi connectivity index (χ3n) is 5.76. The maximum Gasteiger partial charge on any atom is 0.411 e. The van der Waals surface area contributed by atoms with Crippen LogP contribution in [0.2, 0.25) is 0 Å². The van der Waals surface area contributed by atoms with E-state index in [9.17, 15) is 28.5 Å². The van der Waals surface area contributed by atoms with Gasteiger partial charge in [-0.25, -0.2) is 9.52 Å². The van der Waals surface area contributed by atoms with Crippen molar-refractivity contribution in [2.24, 2.45) is 0 Å². The van der Waals surface area contributed by atoms with Crippen molar-refractivity contribution < 1.29 is 33.3 Å². The maximum absolute atomic E-state index is 12.3. The van der Waals surface area contributed by atoms with E-state index in [1.807, 2.05) is 0 Å². The van der Waals surface area contributed by atoms with Gasteiger partial charge >= 0.3 is 6.09 Å². The quantitative estimate of drug-likeness (QED) is 0.243. The molecule has 5 N–H and O–H groups in total. The predicted molar refractivity (Wildman–Crippen MR) is 111 cm³/mol. The van der Waals surface area contributed by atoms with Crippen molar-refractivity contribution in [3.8, 4) is 0 Å². The van der Waals surface area contributed by atoms with E-state index in [4.69, 9.17) is 4.74 Å². The molecular weight excluding hydrogens is 414 g/mol. The second-order valence-corrected chi connectivity index (χ2v) is 9.70. The number of amides is 1. The highest BCUT2D eigenvalue weighted by molar-refractivity contribution is 7.87. The highest BCUT2D eigenvalue weighted by Crippen LogP contribution is 2.28. The number of piperidine rings is 1. The van der Waals surface area contributed by atoms with Gasteiger partial charge < -0.3 is 20.1 Å². The molecule has 2 rings (SSSR count). The molecule has 0 aromatic heterocycles. The summed E-state index contributed by atoms with van der Waals surface area (Å²) < 4.78 is 34.1. The van der Waals surface area contributed by atoms with Crippen molar-refractivity contribution in [1.29, 1.82) is 0 Å². The van der Waals surface area contributed by atoms with Gasteiger partial charge in [0.15, 0.2) is 0 Å². The SMILES string of the molecule is CCCCCCCCCCCCNS(=O)(=O)N[C@@H]1C(O)C(O)[C@H](O)C2COC(=O)N21. The van der Waals surface area contributed by atoms with Gasteiger partial charge in [0.1, 0.15) is 31.1 Å². The molecule has 0 aliphatic carbocycles. The van der Waals surface area contributed by atoms with Crippen molar-refractivity contribution in [3.05, 3.63) is 0 Å². The van der Waals surface area contributed by atoms with E-state index in [0.29, 0.717) is 6.42 Å². The molecule has 2 aliphatic rings. The van der Waals surface area contributed by atoms with Crippen molar-refractivity contribution in [2.75, 3.05) is 13.2 Å². The molecule has 0 aromatic rings. The third kappa shape index (κ3) is 7.03. The third-order valence-corrected chi connectivity index (χ3v) is 6.90. The molecule has 5 atom stereocenters. The average molecular weight is 452 g/mol. The van der Waals surface area contributed by atoms with Gasteiger partial charge in [0.2, 0.25) is 0 Å². The molecule has 0 radical (unpaired) electrons. The lowest BCUT2D eigenvalue weighted by Gasteiger charge is -2.43. The van der Waals surface area contributed by atoms with E-state index in [0.717, 1.165) is 24.2 Å². The number of rotatable bonds is 14. The summed E-state index contributed by atoms with van der Waals surface area (Å²) >= 11 is 0. The first kappa shape index (κ1) is 25.3. The summed E-state index contributed by atoms with van der Waals surface area (Å²) in [5, 5.41) is 30.1. The molecular formula is C19H37N3O7S. The van der Waals surface area contributed by atoms with E-state index in [2.05, 4.69) is 16.4 Å². The Labute approximate surface area is 179 Å². The Bertz CT molecular complexity index is 634. The Morgan fingerprint density at radius 1 is 0.933 bits per heavy atom. The van der Waals surface area contributed by atoms with Crippen LogP contribution in [-0.4, -0.2) is 78.4 Å². The lowest BCUT2D eigenvalue weighted by molar-refractivity contribution is -0.144. The van der Waals surface area contributed by atoms with Gasteiger partial charge in [-0.05, 0) is 6.42 Å². The number of aliphatic hydroxyl groups is 3. The first-order valence-corrected chi connectivity index (χ1v) is 12.5. The molecule has 1 amide bonds. The van der Waals surface area contributed by atoms with Crippen molar-refractivity contribution in [2.45, 2.75) is 102 Å². The average Bonchev–Trinajstić information content (AvgIpc) is 3.09. The van der Waals surface area contributed by atoms with Gasteiger partial charge in [0.05, 0.1) is 6.04 Å². The lowest BCUT2D eigenvalue weighted by Crippen LogP contribution is -2.70. The monoisotopic (exact) mass is 451 g/mol. The van der Waals surface area contributed by atoms with Crippen LogP contribution in [0, 0.1) is 0 Å². The van der Waals surface area contributed by atoms with E-state index in [-0.39, 0.29) is 13.2 Å². The standard InChI is InChI=1S/C19H37N3O7S/c1-2-3-4-5-6-7-8-9-10-11-12-20-30(27,28)21-18-17(25)16(24)15(23)14-13-29-19(26)22(14)18/h14-18,20-21,23-25H,2-13H2,1H3/t14?,15-,16?,17?,18+/m1/s1. The van der Waals surface area contributed by atoms with Crippen LogP contribution in [0.4, 0.5) is 4.79 Å². The minimum atomic E-state index is -4.03. The number of ether oxygens (including phenoxy) is 1. The van der Waals surface area contributed by atoms with E-state index >= 15 is 0 Å². The number of aliphatic hydroxyl groups excluding tert-OH is 3. The van der Waals surface area contributed by atoms with Gasteiger partial charge in [0.25, 0.3) is 10.2 Å². The van der Waals surface area contributed by atoms with E-state index < -0.39 is 46.8 Å². The normalized spacial score (nSPS) is 29.1. The molecule has 2 saturated heterocycles. The summed E-state index contributed by atoms with van der Waals surface area (Å²) in [6.45, 7) is 2.24. The molecule has 2 aliphatic heterocycles. The molecule has 0 spiro atoms. The molecule has 0 saturated carbocycles. The van der Waals surface area contributed by atoms with Crippen molar-refractivity contribution >= 4 is 16.3 Å². The van der Waals surface area contributed by atoms with Crippen molar-refractivity contribution in [1.82, 2.24) is 14.3 Å². The minimum absolute atomic E-state index is 0.186. The topological polar surface area (TPSA) is 148 Å². The first-order valence-electron chi connectivity index (χ1n) is 11.0. The largest absolute Gasteiger partial charge is 0.447 e. The van der Waals surface area contributed by atoms with E-state index in [1.54, 1.807) is 0 Å². The van der Waals surface area contributed by atoms with Crippen LogP contribution >= 0.6 is 0 Å². The number of cyclic esters (lactones) is 1. The van der Waals surface area contributed by atoms with Crippen LogP contribution in [0.15, 0.2) is 0 Å². The Kier molecular flexibility index (Phi) is 10.2. The fourth-order valence-electron chi connectivity index (χ4n) is 3.96. The van der Waals surface area contributed by atoms with Crippen molar-refractivity contribution in [3.63, 3.8) is 0 Å². The summed E-state index contributed by atoms with van der Waals surface area (Å²) in [7, 11) is -4.03. The zero-order valence-corrected chi connectivity index (χ0v) is 18.5. The molecule has 0 aromatic carbocycles. The smallest absolute Gasteiger partial charge is 0.411 e. The minimum Gasteiger partial charge on any atom is -0.447 e. The van der Waals surface area contributed by atoms with Gasteiger partial charge in [-0.1, -0.05) is 64.7 Å². The highest BCUT2D eigenvalue weighted by atomic mass is 32.2. The molecule has 30 heavy (non-hydrogen) atoms. The fraction of sp³-hybridized carbons (Fsp3) is 0.947. The molecule has 176 valence electrons. The lowest BCUT2D eigenvalue weighted by atomic mass is 9.93. The molecule has 11 heteroatoms. The fourth-order valence-corrected chi connectivity index (χ4v) is 5.02. The van der Waals surface area contributed by atoms with Crippen LogP contribution < -0.4 is 9.44 Å². The van der Waals surface area contributed by atoms with Gasteiger partial charge in [-0.15, -0.1) is 0 Å². The number of fused-ring (bicyclic) bond motifs is 1.